The predicted octanol–water partition coefficient (Wildman–Crippen LogP) is 3.68. The molecular formula is C22H27N3O4. The fraction of sp³-hybridized carbons (Fsp3) is 0.318. The molecule has 29 heavy (non-hydrogen) atoms. The molecule has 2 aromatic carbocycles. The summed E-state index contributed by atoms with van der Waals surface area (Å²) in [5, 5.41) is 2.78. The van der Waals surface area contributed by atoms with Gasteiger partial charge in [0.15, 0.2) is 0 Å². The van der Waals surface area contributed by atoms with Crippen molar-refractivity contribution < 1.29 is 19.1 Å². The number of amides is 3. The Bertz CT molecular complexity index is 847. The summed E-state index contributed by atoms with van der Waals surface area (Å²) in [4.78, 5) is 36.2. The van der Waals surface area contributed by atoms with E-state index in [1.165, 1.54) is 0 Å². The quantitative estimate of drug-likeness (QED) is 0.592. The van der Waals surface area contributed by atoms with Gasteiger partial charge >= 0.3 is 0 Å². The zero-order chi connectivity index (χ0) is 21.2. The molecule has 0 aliphatic heterocycles. The van der Waals surface area contributed by atoms with Gasteiger partial charge in [-0.2, -0.15) is 0 Å². The van der Waals surface area contributed by atoms with Crippen molar-refractivity contribution in [3.8, 4) is 5.75 Å². The number of unbranched alkanes of at least 4 members (excludes halogenated alkanes) is 1. The Labute approximate surface area is 170 Å². The van der Waals surface area contributed by atoms with E-state index in [1.807, 2.05) is 20.8 Å². The lowest BCUT2D eigenvalue weighted by Crippen LogP contribution is -2.41. The first-order valence-corrected chi connectivity index (χ1v) is 9.66. The van der Waals surface area contributed by atoms with Crippen LogP contribution in [0.1, 0.15) is 60.7 Å². The third-order valence-corrected chi connectivity index (χ3v) is 3.95. The second-order valence-corrected chi connectivity index (χ2v) is 6.83. The number of ether oxygens (including phenoxy) is 1. The zero-order valence-electron chi connectivity index (χ0n) is 17.0. The molecule has 0 saturated heterocycles. The summed E-state index contributed by atoms with van der Waals surface area (Å²) in [5.74, 6) is -0.389. The van der Waals surface area contributed by atoms with Crippen molar-refractivity contribution in [2.75, 3.05) is 5.32 Å². The molecule has 7 heteroatoms. The minimum absolute atomic E-state index is 0.00702. The van der Waals surface area contributed by atoms with E-state index < -0.39 is 11.8 Å². The van der Waals surface area contributed by atoms with Gasteiger partial charge in [0.1, 0.15) is 5.75 Å². The number of carbonyl (C=O) groups is 3. The van der Waals surface area contributed by atoms with Crippen LogP contribution in [-0.2, 0) is 4.79 Å². The molecule has 3 N–H and O–H groups in total. The number of hydrazine groups is 1. The van der Waals surface area contributed by atoms with Crippen LogP contribution in [-0.4, -0.2) is 23.8 Å². The lowest BCUT2D eigenvalue weighted by atomic mass is 10.2. The Balaban J connectivity index is 1.88. The van der Waals surface area contributed by atoms with Crippen LogP contribution in [0.3, 0.4) is 0 Å². The minimum atomic E-state index is -0.461. The minimum Gasteiger partial charge on any atom is -0.491 e. The average Bonchev–Trinajstić information content (AvgIpc) is 2.70. The van der Waals surface area contributed by atoms with E-state index in [4.69, 9.17) is 4.74 Å². The third-order valence-electron chi connectivity index (χ3n) is 3.95. The van der Waals surface area contributed by atoms with E-state index in [2.05, 4.69) is 16.2 Å². The van der Waals surface area contributed by atoms with Crippen LogP contribution in [0, 0.1) is 0 Å². The molecule has 0 aromatic heterocycles. The Morgan fingerprint density at radius 3 is 2.21 bits per heavy atom. The van der Waals surface area contributed by atoms with Gasteiger partial charge < -0.3 is 10.1 Å². The number of nitrogens with one attached hydrogen (secondary N) is 3. The van der Waals surface area contributed by atoms with Crippen molar-refractivity contribution in [3.63, 3.8) is 0 Å². The standard InChI is InChI=1S/C22H27N3O4/c1-4-5-9-20(26)23-18-12-10-16(11-13-18)21(27)24-25-22(28)17-7-6-8-19(14-17)29-15(2)3/h6-8,10-15H,4-5,9H2,1-3H3,(H,23,26)(H,24,27)(H,25,28). The smallest absolute Gasteiger partial charge is 0.269 e. The van der Waals surface area contributed by atoms with Crippen molar-refractivity contribution in [2.24, 2.45) is 0 Å². The molecule has 0 aliphatic carbocycles. The largest absolute Gasteiger partial charge is 0.491 e. The van der Waals surface area contributed by atoms with Gasteiger partial charge in [-0.25, -0.2) is 0 Å². The van der Waals surface area contributed by atoms with Crippen LogP contribution >= 0.6 is 0 Å². The number of anilines is 1. The Morgan fingerprint density at radius 2 is 1.59 bits per heavy atom. The normalized spacial score (nSPS) is 10.3. The maximum Gasteiger partial charge on any atom is 0.269 e. The molecule has 2 aromatic rings. The Kier molecular flexibility index (Phi) is 8.21. The van der Waals surface area contributed by atoms with Crippen LogP contribution in [0.4, 0.5) is 5.69 Å². The van der Waals surface area contributed by atoms with E-state index >= 15 is 0 Å². The molecule has 0 aliphatic rings. The molecule has 0 fully saturated rings. The molecule has 3 amide bonds. The van der Waals surface area contributed by atoms with Crippen LogP contribution in [0.15, 0.2) is 48.5 Å². The molecule has 0 saturated carbocycles. The molecule has 0 unspecified atom stereocenters. The van der Waals surface area contributed by atoms with E-state index in [-0.39, 0.29) is 12.0 Å². The van der Waals surface area contributed by atoms with Crippen molar-refractivity contribution in [1.29, 1.82) is 0 Å². The topological polar surface area (TPSA) is 96.5 Å². The summed E-state index contributed by atoms with van der Waals surface area (Å²) >= 11 is 0. The molecule has 0 heterocycles. The average molecular weight is 397 g/mol. The first kappa shape index (κ1) is 21.9. The summed E-state index contributed by atoms with van der Waals surface area (Å²) in [6, 6.07) is 13.2. The summed E-state index contributed by atoms with van der Waals surface area (Å²) < 4.78 is 5.56. The maximum atomic E-state index is 12.3. The van der Waals surface area contributed by atoms with Gasteiger partial charge in [0.05, 0.1) is 6.10 Å². The predicted molar refractivity (Wildman–Crippen MR) is 112 cm³/mol. The number of carbonyl (C=O) groups excluding carboxylic acids is 3. The van der Waals surface area contributed by atoms with Crippen molar-refractivity contribution in [3.05, 3.63) is 59.7 Å². The van der Waals surface area contributed by atoms with Gasteiger partial charge in [0, 0.05) is 23.2 Å². The van der Waals surface area contributed by atoms with Gasteiger partial charge in [0.25, 0.3) is 11.8 Å². The van der Waals surface area contributed by atoms with Gasteiger partial charge in [-0.15, -0.1) is 0 Å². The summed E-state index contributed by atoms with van der Waals surface area (Å²) in [6.45, 7) is 5.82. The van der Waals surface area contributed by atoms with Crippen LogP contribution < -0.4 is 20.9 Å². The monoisotopic (exact) mass is 397 g/mol. The highest BCUT2D eigenvalue weighted by atomic mass is 16.5. The van der Waals surface area contributed by atoms with Gasteiger partial charge in [-0.05, 0) is 62.7 Å². The van der Waals surface area contributed by atoms with E-state index in [0.717, 1.165) is 12.8 Å². The highest BCUT2D eigenvalue weighted by Crippen LogP contribution is 2.15. The van der Waals surface area contributed by atoms with E-state index in [0.29, 0.717) is 29.0 Å². The van der Waals surface area contributed by atoms with E-state index in [1.54, 1.807) is 48.5 Å². The molecule has 0 radical (unpaired) electrons. The Morgan fingerprint density at radius 1 is 0.931 bits per heavy atom. The van der Waals surface area contributed by atoms with Crippen LogP contribution in [0.25, 0.3) is 0 Å². The van der Waals surface area contributed by atoms with Crippen molar-refractivity contribution in [2.45, 2.75) is 46.1 Å². The first-order chi connectivity index (χ1) is 13.9. The summed E-state index contributed by atoms with van der Waals surface area (Å²) in [5.41, 5.74) is 6.11. The molecule has 7 nitrogen and oxygen atoms in total. The molecule has 0 spiro atoms. The van der Waals surface area contributed by atoms with Crippen molar-refractivity contribution >= 4 is 23.4 Å². The summed E-state index contributed by atoms with van der Waals surface area (Å²) in [6.07, 6.45) is 2.24. The SMILES string of the molecule is CCCCC(=O)Nc1ccc(C(=O)NNC(=O)c2cccc(OC(C)C)c2)cc1. The number of rotatable bonds is 8. The van der Waals surface area contributed by atoms with Crippen LogP contribution in [0.5, 0.6) is 5.75 Å². The number of hydrogen-bond donors (Lipinski definition) is 3. The van der Waals surface area contributed by atoms with Gasteiger partial charge in [-0.1, -0.05) is 19.4 Å². The highest BCUT2D eigenvalue weighted by molar-refractivity contribution is 5.99. The molecule has 0 atom stereocenters. The second-order valence-electron chi connectivity index (χ2n) is 6.83. The molecule has 154 valence electrons. The highest BCUT2D eigenvalue weighted by Gasteiger charge is 2.11. The lowest BCUT2D eigenvalue weighted by Gasteiger charge is -2.11. The number of benzene rings is 2. The van der Waals surface area contributed by atoms with Crippen LogP contribution in [0.2, 0.25) is 0 Å². The van der Waals surface area contributed by atoms with Crippen molar-refractivity contribution in [1.82, 2.24) is 10.9 Å². The fourth-order valence-electron chi connectivity index (χ4n) is 2.51. The Hall–Kier alpha value is -3.35. The zero-order valence-corrected chi connectivity index (χ0v) is 17.0. The molecule has 2 rings (SSSR count). The van der Waals surface area contributed by atoms with Gasteiger partial charge in [-0.3, -0.25) is 25.2 Å². The second kappa shape index (κ2) is 10.8. The maximum absolute atomic E-state index is 12.3. The summed E-state index contributed by atoms with van der Waals surface area (Å²) in [7, 11) is 0. The molecular weight excluding hydrogens is 370 g/mol. The molecule has 0 bridgehead atoms. The van der Waals surface area contributed by atoms with E-state index in [9.17, 15) is 14.4 Å². The fourth-order valence-corrected chi connectivity index (χ4v) is 2.51. The lowest BCUT2D eigenvalue weighted by molar-refractivity contribution is -0.116. The van der Waals surface area contributed by atoms with Gasteiger partial charge in [0.2, 0.25) is 5.91 Å². The first-order valence-electron chi connectivity index (χ1n) is 9.66. The number of hydrogen-bond acceptors (Lipinski definition) is 4. The third kappa shape index (κ3) is 7.29.